The second-order valence-electron chi connectivity index (χ2n) is 7.64. The quantitative estimate of drug-likeness (QED) is 0.440. The number of ketones is 1. The first-order valence-corrected chi connectivity index (χ1v) is 10.7. The molecule has 1 fully saturated rings. The number of aromatic nitrogens is 1. The third kappa shape index (κ3) is 4.29. The van der Waals surface area contributed by atoms with Crippen molar-refractivity contribution < 1.29 is 28.7 Å². The van der Waals surface area contributed by atoms with Gasteiger partial charge < -0.3 is 29.6 Å². The average Bonchev–Trinajstić information content (AvgIpc) is 3.34. The van der Waals surface area contributed by atoms with Crippen LogP contribution in [0.15, 0.2) is 48.7 Å². The highest BCUT2D eigenvalue weighted by atomic mass is 16.6. The molecule has 1 saturated heterocycles. The molecule has 176 valence electrons. The maximum absolute atomic E-state index is 13.1. The van der Waals surface area contributed by atoms with Gasteiger partial charge in [0.2, 0.25) is 0 Å². The fourth-order valence-electron chi connectivity index (χ4n) is 3.91. The lowest BCUT2D eigenvalue weighted by Crippen LogP contribution is -2.52. The molecule has 4 rings (SSSR count). The Morgan fingerprint density at radius 2 is 1.56 bits per heavy atom. The highest BCUT2D eigenvalue weighted by Gasteiger charge is 2.31. The van der Waals surface area contributed by atoms with E-state index >= 15 is 0 Å². The zero-order valence-electron chi connectivity index (χ0n) is 18.8. The maximum Gasteiger partial charge on any atom is 0.412 e. The summed E-state index contributed by atoms with van der Waals surface area (Å²) in [6.07, 6.45) is 0.729. The second-order valence-corrected chi connectivity index (χ2v) is 7.64. The van der Waals surface area contributed by atoms with E-state index in [0.717, 1.165) is 0 Å². The highest BCUT2D eigenvalue weighted by Crippen LogP contribution is 2.35. The molecule has 1 aliphatic rings. The van der Waals surface area contributed by atoms with Gasteiger partial charge >= 0.3 is 6.09 Å². The highest BCUT2D eigenvalue weighted by molar-refractivity contribution is 6.45. The molecule has 34 heavy (non-hydrogen) atoms. The van der Waals surface area contributed by atoms with Crippen LogP contribution in [0.1, 0.15) is 20.7 Å². The first kappa shape index (κ1) is 22.8. The fourth-order valence-corrected chi connectivity index (χ4v) is 3.91. The first-order valence-electron chi connectivity index (χ1n) is 10.7. The van der Waals surface area contributed by atoms with Crippen LogP contribution in [0.5, 0.6) is 11.5 Å². The number of Topliss-reactive ketones (excluding diaryl/α,β-unsaturated/α-hetero) is 1. The summed E-state index contributed by atoms with van der Waals surface area (Å²) in [6, 6.07) is 12.0. The van der Waals surface area contributed by atoms with Crippen molar-refractivity contribution in [2.45, 2.75) is 0 Å². The van der Waals surface area contributed by atoms with Crippen molar-refractivity contribution in [1.82, 2.24) is 20.1 Å². The smallest absolute Gasteiger partial charge is 0.412 e. The lowest BCUT2D eigenvalue weighted by atomic mass is 10.1. The second kappa shape index (κ2) is 9.65. The monoisotopic (exact) mass is 464 g/mol. The van der Waals surface area contributed by atoms with Crippen LogP contribution in [-0.2, 0) is 4.79 Å². The molecule has 10 heteroatoms. The number of carbonyl (C=O) groups is 4. The molecule has 3 aromatic rings. The number of nitrogens with one attached hydrogen (secondary N) is 2. The Labute approximate surface area is 195 Å². The minimum Gasteiger partial charge on any atom is -0.496 e. The summed E-state index contributed by atoms with van der Waals surface area (Å²) in [7, 11) is 2.87. The topological polar surface area (TPSA) is 121 Å². The molecule has 10 nitrogen and oxygen atoms in total. The molecular weight excluding hydrogens is 440 g/mol. The van der Waals surface area contributed by atoms with Gasteiger partial charge in [-0.15, -0.1) is 0 Å². The zero-order valence-corrected chi connectivity index (χ0v) is 18.8. The van der Waals surface area contributed by atoms with Crippen LogP contribution in [-0.4, -0.2) is 78.8 Å². The van der Waals surface area contributed by atoms with Crippen LogP contribution in [0, 0.1) is 0 Å². The SMILES string of the molecule is CNC(=O)Oc1ccc(OC)c2c(C(=O)C(=O)N3CCN(C(=O)c4ccccc4)CC3)c[nH]c12. The van der Waals surface area contributed by atoms with Gasteiger partial charge in [0, 0.05) is 45.0 Å². The van der Waals surface area contributed by atoms with Crippen molar-refractivity contribution in [1.29, 1.82) is 0 Å². The van der Waals surface area contributed by atoms with Crippen molar-refractivity contribution in [3.8, 4) is 11.5 Å². The number of rotatable bonds is 5. The Bertz CT molecular complexity index is 1250. The van der Waals surface area contributed by atoms with Crippen molar-refractivity contribution >= 4 is 34.6 Å². The molecule has 0 atom stereocenters. The molecule has 1 aromatic heterocycles. The van der Waals surface area contributed by atoms with E-state index in [1.54, 1.807) is 35.2 Å². The van der Waals surface area contributed by atoms with Crippen LogP contribution in [0.25, 0.3) is 10.9 Å². The van der Waals surface area contributed by atoms with E-state index in [1.807, 2.05) is 6.07 Å². The number of carbonyl (C=O) groups excluding carboxylic acids is 4. The van der Waals surface area contributed by atoms with Crippen LogP contribution < -0.4 is 14.8 Å². The molecule has 2 N–H and O–H groups in total. The number of benzene rings is 2. The molecule has 0 unspecified atom stereocenters. The van der Waals surface area contributed by atoms with E-state index in [0.29, 0.717) is 35.3 Å². The summed E-state index contributed by atoms with van der Waals surface area (Å²) >= 11 is 0. The van der Waals surface area contributed by atoms with E-state index in [4.69, 9.17) is 9.47 Å². The number of fused-ring (bicyclic) bond motifs is 1. The summed E-state index contributed by atoms with van der Waals surface area (Å²) in [5, 5.41) is 2.70. The third-order valence-electron chi connectivity index (χ3n) is 5.70. The van der Waals surface area contributed by atoms with Gasteiger partial charge in [0.25, 0.3) is 17.6 Å². The number of methoxy groups -OCH3 is 1. The lowest BCUT2D eigenvalue weighted by Gasteiger charge is -2.34. The number of amides is 3. The van der Waals surface area contributed by atoms with Crippen LogP contribution in [0.4, 0.5) is 4.79 Å². The largest absolute Gasteiger partial charge is 0.496 e. The van der Waals surface area contributed by atoms with E-state index < -0.39 is 17.8 Å². The van der Waals surface area contributed by atoms with Crippen molar-refractivity contribution in [2.75, 3.05) is 40.3 Å². The summed E-state index contributed by atoms with van der Waals surface area (Å²) in [5.41, 5.74) is 1.05. The Morgan fingerprint density at radius 3 is 2.21 bits per heavy atom. The van der Waals surface area contributed by atoms with Gasteiger partial charge in [-0.05, 0) is 24.3 Å². The molecule has 0 saturated carbocycles. The molecule has 0 aliphatic carbocycles. The van der Waals surface area contributed by atoms with Crippen LogP contribution >= 0.6 is 0 Å². The molecule has 0 spiro atoms. The van der Waals surface area contributed by atoms with Crippen molar-refractivity contribution in [3.05, 3.63) is 59.8 Å². The first-order chi connectivity index (χ1) is 16.4. The minimum atomic E-state index is -0.718. The Kier molecular flexibility index (Phi) is 6.48. The summed E-state index contributed by atoms with van der Waals surface area (Å²) in [6.45, 7) is 1.14. The minimum absolute atomic E-state index is 0.107. The summed E-state index contributed by atoms with van der Waals surface area (Å²) in [5.74, 6) is -0.953. The van der Waals surface area contributed by atoms with E-state index in [1.165, 1.54) is 31.3 Å². The summed E-state index contributed by atoms with van der Waals surface area (Å²) < 4.78 is 10.6. The van der Waals surface area contributed by atoms with Gasteiger partial charge in [-0.1, -0.05) is 18.2 Å². The van der Waals surface area contributed by atoms with Gasteiger partial charge in [-0.3, -0.25) is 14.4 Å². The van der Waals surface area contributed by atoms with Crippen LogP contribution in [0.2, 0.25) is 0 Å². The van der Waals surface area contributed by atoms with E-state index in [9.17, 15) is 19.2 Å². The normalized spacial score (nSPS) is 13.5. The predicted octanol–water partition coefficient (Wildman–Crippen LogP) is 2.06. The molecular formula is C24H24N4O6. The molecule has 0 bridgehead atoms. The Hall–Kier alpha value is -4.34. The average molecular weight is 464 g/mol. The van der Waals surface area contributed by atoms with Crippen LogP contribution in [0.3, 0.4) is 0 Å². The molecule has 1 aliphatic heterocycles. The molecule has 3 amide bonds. The molecule has 0 radical (unpaired) electrons. The predicted molar refractivity (Wildman–Crippen MR) is 123 cm³/mol. The number of H-pyrrole nitrogens is 1. The number of nitrogens with zero attached hydrogens (tertiary/aromatic N) is 2. The fraction of sp³-hybridized carbons (Fsp3) is 0.250. The van der Waals surface area contributed by atoms with Gasteiger partial charge in [-0.25, -0.2) is 4.79 Å². The van der Waals surface area contributed by atoms with Gasteiger partial charge in [0.15, 0.2) is 5.75 Å². The Balaban J connectivity index is 1.51. The number of aromatic amines is 1. The molecule has 2 aromatic carbocycles. The van der Waals surface area contributed by atoms with Crippen molar-refractivity contribution in [2.24, 2.45) is 0 Å². The van der Waals surface area contributed by atoms with Gasteiger partial charge in [0.1, 0.15) is 5.75 Å². The molecule has 2 heterocycles. The van der Waals surface area contributed by atoms with E-state index in [-0.39, 0.29) is 30.3 Å². The number of hydrogen-bond acceptors (Lipinski definition) is 6. The Morgan fingerprint density at radius 1 is 0.912 bits per heavy atom. The standard InChI is InChI=1S/C24H24N4O6/c1-25-24(32)34-18-9-8-17(33-2)19-16(14-26-20(18)19)21(29)23(31)28-12-10-27(11-13-28)22(30)15-6-4-3-5-7-15/h3-9,14,26H,10-13H2,1-2H3,(H,25,32). The number of hydrogen-bond donors (Lipinski definition) is 2. The third-order valence-corrected chi connectivity index (χ3v) is 5.70. The van der Waals surface area contributed by atoms with Crippen molar-refractivity contribution in [3.63, 3.8) is 0 Å². The number of ether oxygens (including phenoxy) is 2. The lowest BCUT2D eigenvalue weighted by molar-refractivity contribution is -0.127. The van der Waals surface area contributed by atoms with Gasteiger partial charge in [-0.2, -0.15) is 0 Å². The van der Waals surface area contributed by atoms with Gasteiger partial charge in [0.05, 0.1) is 23.6 Å². The maximum atomic E-state index is 13.1. The zero-order chi connectivity index (χ0) is 24.2. The van der Waals surface area contributed by atoms with E-state index in [2.05, 4.69) is 10.3 Å². The summed E-state index contributed by atoms with van der Waals surface area (Å²) in [4.78, 5) is 56.5. The number of piperazine rings is 1.